The second-order valence-corrected chi connectivity index (χ2v) is 0.896. The van der Waals surface area contributed by atoms with Crippen molar-refractivity contribution in [2.45, 2.75) is 6.42 Å². The molecule has 3 heteroatoms. The van der Waals surface area contributed by atoms with Gasteiger partial charge in [0, 0.05) is 1.43 Å². The average molecular weight is 316 g/mol. The van der Waals surface area contributed by atoms with Crippen LogP contribution in [0.1, 0.15) is 9.27 Å². The topological polar surface area (TPSA) is 19.9 Å². The molecular formula is C5H12AuOP+. The average Bonchev–Trinajstić information content (AvgIpc) is 1.61. The minimum absolute atomic E-state index is 0. The molecule has 0 aliphatic rings. The SMILES string of the molecule is C=CCC=C[O].[Au+].[H+].[HH].[PH2-]. The Hall–Kier alpha value is 0.450. The minimum Gasteiger partial charge on any atom is -0.577 e. The first kappa shape index (κ1) is 15.8. The fourth-order valence-electron chi connectivity index (χ4n) is 0.152. The molecule has 0 amide bonds. The molecule has 0 aromatic carbocycles. The molecule has 0 aromatic rings. The molecule has 0 atom stereocenters. The number of allylic oxidation sites excluding steroid dienone is 2. The zero-order valence-corrected chi connectivity index (χ0v) is 7.75. The van der Waals surface area contributed by atoms with E-state index in [4.69, 9.17) is 0 Å². The first-order valence-electron chi connectivity index (χ1n) is 1.79. The molecule has 0 N–H and O–H groups in total. The smallest absolute Gasteiger partial charge is 0.577 e. The fourth-order valence-corrected chi connectivity index (χ4v) is 0.152. The van der Waals surface area contributed by atoms with E-state index in [1.165, 1.54) is 6.08 Å². The van der Waals surface area contributed by atoms with Crippen LogP contribution in [0.4, 0.5) is 0 Å². The largest absolute Gasteiger partial charge is 1.00 e. The number of hydrogen-bond donors (Lipinski definition) is 0. The van der Waals surface area contributed by atoms with Crippen molar-refractivity contribution < 1.29 is 30.3 Å². The molecule has 0 heterocycles. The van der Waals surface area contributed by atoms with Gasteiger partial charge in [-0.05, 0) is 12.5 Å². The number of hydrogen-bond acceptors (Lipinski definition) is 0. The summed E-state index contributed by atoms with van der Waals surface area (Å²) in [4.78, 5) is 0. The summed E-state index contributed by atoms with van der Waals surface area (Å²) >= 11 is 0. The van der Waals surface area contributed by atoms with Gasteiger partial charge in [0.25, 0.3) is 0 Å². The Labute approximate surface area is 72.0 Å². The molecule has 0 aromatic heterocycles. The van der Waals surface area contributed by atoms with Crippen LogP contribution in [-0.2, 0) is 27.5 Å². The van der Waals surface area contributed by atoms with Crippen molar-refractivity contribution in [3.8, 4) is 0 Å². The Morgan fingerprint density at radius 3 is 2.38 bits per heavy atom. The van der Waals surface area contributed by atoms with Crippen molar-refractivity contribution >= 4 is 9.90 Å². The van der Waals surface area contributed by atoms with Crippen LogP contribution in [0, 0.1) is 0 Å². The van der Waals surface area contributed by atoms with Gasteiger partial charge in [0.15, 0.2) is 0 Å². The summed E-state index contributed by atoms with van der Waals surface area (Å²) in [5, 5.41) is 9.46. The van der Waals surface area contributed by atoms with E-state index >= 15 is 0 Å². The van der Waals surface area contributed by atoms with Gasteiger partial charge in [0.2, 0.25) is 0 Å². The van der Waals surface area contributed by atoms with Gasteiger partial charge in [-0.2, -0.15) is 0 Å². The van der Waals surface area contributed by atoms with Gasteiger partial charge in [0.05, 0.1) is 0 Å². The van der Waals surface area contributed by atoms with E-state index < -0.39 is 0 Å². The Kier molecular flexibility index (Phi) is 30.9. The zero-order chi connectivity index (χ0) is 4.83. The molecule has 0 saturated carbocycles. The molecule has 0 spiro atoms. The van der Waals surface area contributed by atoms with Crippen molar-refractivity contribution in [2.75, 3.05) is 0 Å². The van der Waals surface area contributed by atoms with E-state index in [2.05, 4.69) is 6.58 Å². The second-order valence-electron chi connectivity index (χ2n) is 0.896. The van der Waals surface area contributed by atoms with Crippen molar-refractivity contribution in [3.05, 3.63) is 25.0 Å². The molecule has 0 aliphatic heterocycles. The summed E-state index contributed by atoms with van der Waals surface area (Å²) < 4.78 is 0. The van der Waals surface area contributed by atoms with Gasteiger partial charge >= 0.3 is 23.8 Å². The van der Waals surface area contributed by atoms with Crippen LogP contribution in [0.15, 0.2) is 25.0 Å². The molecule has 53 valence electrons. The molecular weight excluding hydrogens is 304 g/mol. The van der Waals surface area contributed by atoms with Crippen LogP contribution in [0.5, 0.6) is 0 Å². The third kappa shape index (κ3) is 16.1. The monoisotopic (exact) mass is 316 g/mol. The normalized spacial score (nSPS) is 7.00. The van der Waals surface area contributed by atoms with E-state index in [0.717, 1.165) is 6.26 Å². The Bertz CT molecular complexity index is 70.7. The Morgan fingerprint density at radius 2 is 2.25 bits per heavy atom. The maximum Gasteiger partial charge on any atom is 1.00 e. The summed E-state index contributed by atoms with van der Waals surface area (Å²) in [7, 11) is 0. The van der Waals surface area contributed by atoms with Crippen LogP contribution >= 0.6 is 9.90 Å². The Balaban J connectivity index is -0.0000000208. The zero-order valence-electron chi connectivity index (χ0n) is 5.43. The first-order valence-corrected chi connectivity index (χ1v) is 1.79. The molecule has 0 bridgehead atoms. The molecule has 0 unspecified atom stereocenters. The van der Waals surface area contributed by atoms with Gasteiger partial charge in [-0.15, -0.1) is 6.58 Å². The number of rotatable bonds is 2. The summed E-state index contributed by atoms with van der Waals surface area (Å²) in [6, 6.07) is 0. The van der Waals surface area contributed by atoms with Gasteiger partial charge in [0.1, 0.15) is 6.26 Å². The summed E-state index contributed by atoms with van der Waals surface area (Å²) in [5.74, 6) is 0. The Morgan fingerprint density at radius 1 is 1.75 bits per heavy atom. The fraction of sp³-hybridized carbons (Fsp3) is 0.200. The third-order valence-electron chi connectivity index (χ3n) is 0.399. The van der Waals surface area contributed by atoms with E-state index in [1.54, 1.807) is 6.08 Å². The van der Waals surface area contributed by atoms with Crippen LogP contribution in [0.2, 0.25) is 0 Å². The van der Waals surface area contributed by atoms with E-state index in [9.17, 15) is 5.11 Å². The standard InChI is InChI=1S/C5H7O.Au.H2P.H2/c1-2-3-4-5-6;;;/h2,4-5H,1,3H2;;1H2;1H/q;+1;-1;/p+1. The van der Waals surface area contributed by atoms with Crippen molar-refractivity contribution in [3.63, 3.8) is 0 Å². The van der Waals surface area contributed by atoms with Crippen molar-refractivity contribution in [1.82, 2.24) is 0 Å². The molecule has 0 rings (SSSR count). The van der Waals surface area contributed by atoms with Gasteiger partial charge < -0.3 is 9.90 Å². The molecule has 1 radical (unpaired) electrons. The van der Waals surface area contributed by atoms with Gasteiger partial charge in [-0.25, -0.2) is 0 Å². The quantitative estimate of drug-likeness (QED) is 0.322. The van der Waals surface area contributed by atoms with Crippen LogP contribution in [0.25, 0.3) is 0 Å². The summed E-state index contributed by atoms with van der Waals surface area (Å²) in [6.45, 7) is 3.41. The summed E-state index contributed by atoms with van der Waals surface area (Å²) in [5.41, 5.74) is 0. The molecule has 0 saturated heterocycles. The van der Waals surface area contributed by atoms with Crippen molar-refractivity contribution in [2.24, 2.45) is 0 Å². The van der Waals surface area contributed by atoms with E-state index in [-0.39, 0.29) is 35.1 Å². The molecule has 0 fully saturated rings. The van der Waals surface area contributed by atoms with Crippen LogP contribution in [-0.4, -0.2) is 0 Å². The third-order valence-corrected chi connectivity index (χ3v) is 0.399. The maximum atomic E-state index is 9.46. The minimum atomic E-state index is 0. The van der Waals surface area contributed by atoms with Crippen molar-refractivity contribution in [1.29, 1.82) is 0 Å². The molecule has 0 aliphatic carbocycles. The summed E-state index contributed by atoms with van der Waals surface area (Å²) in [6.07, 6.45) is 4.63. The van der Waals surface area contributed by atoms with Gasteiger partial charge in [-0.1, -0.05) is 6.08 Å². The molecule has 1 nitrogen and oxygen atoms in total. The second kappa shape index (κ2) is 15.7. The maximum absolute atomic E-state index is 9.46. The molecule has 8 heavy (non-hydrogen) atoms. The van der Waals surface area contributed by atoms with E-state index in [0.29, 0.717) is 6.42 Å². The first-order chi connectivity index (χ1) is 2.91. The van der Waals surface area contributed by atoms with Gasteiger partial charge in [-0.3, -0.25) is 5.11 Å². The van der Waals surface area contributed by atoms with E-state index in [1.807, 2.05) is 0 Å². The predicted molar refractivity (Wildman–Crippen MR) is 37.6 cm³/mol. The van der Waals surface area contributed by atoms with Crippen LogP contribution in [0.3, 0.4) is 0 Å². The predicted octanol–water partition coefficient (Wildman–Crippen LogP) is 2.19. The van der Waals surface area contributed by atoms with Crippen LogP contribution < -0.4 is 0 Å².